The van der Waals surface area contributed by atoms with Crippen LogP contribution >= 0.6 is 11.8 Å². The molecule has 6 heteroatoms. The smallest absolute Gasteiger partial charge is 0.275 e. The van der Waals surface area contributed by atoms with Crippen LogP contribution < -0.4 is 10.6 Å². The first-order chi connectivity index (χ1) is 9.72. The first kappa shape index (κ1) is 14.3. The van der Waals surface area contributed by atoms with Gasteiger partial charge in [0.1, 0.15) is 11.5 Å². The number of hydrogen-bond acceptors (Lipinski definition) is 5. The van der Waals surface area contributed by atoms with Crippen LogP contribution in [-0.4, -0.2) is 28.7 Å². The van der Waals surface area contributed by atoms with Crippen molar-refractivity contribution >= 4 is 29.2 Å². The third kappa shape index (κ3) is 3.71. The molecule has 2 rings (SSSR count). The Balaban J connectivity index is 2.03. The van der Waals surface area contributed by atoms with E-state index in [-0.39, 0.29) is 5.91 Å². The highest BCUT2D eigenvalue weighted by Crippen LogP contribution is 2.17. The standard InChI is InChI=1S/C14H16N4OS/c1-3-15-13-9-16-12(8-17-13)14(19)18-10-4-6-11(20-2)7-5-10/h4-9H,3H2,1-2H3,(H,15,17)(H,18,19). The molecule has 0 unspecified atom stereocenters. The van der Waals surface area contributed by atoms with Gasteiger partial charge < -0.3 is 10.6 Å². The molecule has 0 aliphatic carbocycles. The monoisotopic (exact) mass is 288 g/mol. The van der Waals surface area contributed by atoms with Gasteiger partial charge in [-0.25, -0.2) is 9.97 Å². The van der Waals surface area contributed by atoms with Gasteiger partial charge in [-0.1, -0.05) is 0 Å². The molecule has 1 aromatic heterocycles. The molecule has 0 saturated heterocycles. The second-order valence-corrected chi connectivity index (χ2v) is 4.88. The van der Waals surface area contributed by atoms with Gasteiger partial charge in [0.25, 0.3) is 5.91 Å². The maximum absolute atomic E-state index is 12.0. The average molecular weight is 288 g/mol. The number of nitrogens with zero attached hydrogens (tertiary/aromatic N) is 2. The number of benzene rings is 1. The molecule has 0 spiro atoms. The number of aromatic nitrogens is 2. The van der Waals surface area contributed by atoms with E-state index < -0.39 is 0 Å². The zero-order valence-electron chi connectivity index (χ0n) is 11.4. The zero-order valence-corrected chi connectivity index (χ0v) is 12.2. The van der Waals surface area contributed by atoms with E-state index in [1.807, 2.05) is 37.4 Å². The lowest BCUT2D eigenvalue weighted by Crippen LogP contribution is -2.14. The first-order valence-corrected chi connectivity index (χ1v) is 7.46. The molecule has 5 nitrogen and oxygen atoms in total. The Morgan fingerprint density at radius 3 is 2.50 bits per heavy atom. The third-order valence-electron chi connectivity index (χ3n) is 2.59. The summed E-state index contributed by atoms with van der Waals surface area (Å²) in [4.78, 5) is 21.4. The molecular formula is C14H16N4OS. The average Bonchev–Trinajstić information content (AvgIpc) is 2.49. The molecule has 104 valence electrons. The van der Waals surface area contributed by atoms with Crippen molar-refractivity contribution in [3.8, 4) is 0 Å². The molecule has 20 heavy (non-hydrogen) atoms. The van der Waals surface area contributed by atoms with Crippen LogP contribution in [0.1, 0.15) is 17.4 Å². The molecule has 0 bridgehead atoms. The molecule has 0 aliphatic rings. The van der Waals surface area contributed by atoms with Crippen LogP contribution in [-0.2, 0) is 0 Å². The summed E-state index contributed by atoms with van der Waals surface area (Å²) in [5, 5.41) is 5.82. The summed E-state index contributed by atoms with van der Waals surface area (Å²) >= 11 is 1.66. The van der Waals surface area contributed by atoms with Gasteiger partial charge in [0.05, 0.1) is 12.4 Å². The molecule has 0 saturated carbocycles. The van der Waals surface area contributed by atoms with Gasteiger partial charge >= 0.3 is 0 Å². The van der Waals surface area contributed by atoms with Gasteiger partial charge in [-0.2, -0.15) is 0 Å². The molecule has 1 aromatic carbocycles. The quantitative estimate of drug-likeness (QED) is 0.828. The summed E-state index contributed by atoms with van der Waals surface area (Å²) in [6, 6.07) is 7.65. The second-order valence-electron chi connectivity index (χ2n) is 4.00. The van der Waals surface area contributed by atoms with Crippen molar-refractivity contribution in [2.24, 2.45) is 0 Å². The number of carbonyl (C=O) groups excluding carboxylic acids is 1. The van der Waals surface area contributed by atoms with Crippen LogP contribution in [0.25, 0.3) is 0 Å². The van der Waals surface area contributed by atoms with E-state index in [9.17, 15) is 4.79 Å². The number of carbonyl (C=O) groups is 1. The van der Waals surface area contributed by atoms with E-state index in [0.29, 0.717) is 11.5 Å². The zero-order chi connectivity index (χ0) is 14.4. The molecule has 1 amide bonds. The Kier molecular flexibility index (Phi) is 4.95. The summed E-state index contributed by atoms with van der Waals surface area (Å²) < 4.78 is 0. The van der Waals surface area contributed by atoms with Gasteiger partial charge in [-0.15, -0.1) is 11.8 Å². The topological polar surface area (TPSA) is 66.9 Å². The highest BCUT2D eigenvalue weighted by Gasteiger charge is 2.08. The maximum atomic E-state index is 12.0. The van der Waals surface area contributed by atoms with Crippen molar-refractivity contribution in [2.45, 2.75) is 11.8 Å². The fourth-order valence-corrected chi connectivity index (χ4v) is 2.00. The van der Waals surface area contributed by atoms with Crippen LogP contribution in [0.2, 0.25) is 0 Å². The molecule has 2 aromatic rings. The number of nitrogens with one attached hydrogen (secondary N) is 2. The van der Waals surface area contributed by atoms with Gasteiger partial charge in [-0.05, 0) is 37.4 Å². The molecule has 0 aliphatic heterocycles. The Hall–Kier alpha value is -2.08. The lowest BCUT2D eigenvalue weighted by Gasteiger charge is -2.06. The predicted molar refractivity (Wildman–Crippen MR) is 82.4 cm³/mol. The highest BCUT2D eigenvalue weighted by molar-refractivity contribution is 7.98. The Morgan fingerprint density at radius 2 is 1.95 bits per heavy atom. The summed E-state index contributed by atoms with van der Waals surface area (Å²) in [5.41, 5.74) is 1.03. The van der Waals surface area contributed by atoms with Crippen LogP contribution in [0.5, 0.6) is 0 Å². The second kappa shape index (κ2) is 6.91. The van der Waals surface area contributed by atoms with Crippen LogP contribution in [0.4, 0.5) is 11.5 Å². The minimum Gasteiger partial charge on any atom is -0.369 e. The van der Waals surface area contributed by atoms with Gasteiger partial charge in [0.2, 0.25) is 0 Å². The number of thioether (sulfide) groups is 1. The Morgan fingerprint density at radius 1 is 1.20 bits per heavy atom. The summed E-state index contributed by atoms with van der Waals surface area (Å²) in [5.74, 6) is 0.394. The molecular weight excluding hydrogens is 272 g/mol. The summed E-state index contributed by atoms with van der Waals surface area (Å²) in [7, 11) is 0. The van der Waals surface area contributed by atoms with Crippen molar-refractivity contribution < 1.29 is 4.79 Å². The van der Waals surface area contributed by atoms with E-state index in [1.165, 1.54) is 6.20 Å². The van der Waals surface area contributed by atoms with Crippen LogP contribution in [0.3, 0.4) is 0 Å². The molecule has 2 N–H and O–H groups in total. The largest absolute Gasteiger partial charge is 0.369 e. The maximum Gasteiger partial charge on any atom is 0.275 e. The van der Waals surface area contributed by atoms with E-state index in [0.717, 1.165) is 17.1 Å². The number of amides is 1. The number of rotatable bonds is 5. The molecule has 0 atom stereocenters. The normalized spacial score (nSPS) is 10.1. The van der Waals surface area contributed by atoms with Crippen molar-refractivity contribution in [3.63, 3.8) is 0 Å². The number of anilines is 2. The molecule has 1 heterocycles. The molecule has 0 fully saturated rings. The van der Waals surface area contributed by atoms with Gasteiger partial charge in [0.15, 0.2) is 0 Å². The minimum absolute atomic E-state index is 0.266. The lowest BCUT2D eigenvalue weighted by atomic mass is 10.3. The van der Waals surface area contributed by atoms with Crippen LogP contribution in [0.15, 0.2) is 41.6 Å². The summed E-state index contributed by atoms with van der Waals surface area (Å²) in [6.45, 7) is 2.74. The first-order valence-electron chi connectivity index (χ1n) is 6.24. The molecule has 0 radical (unpaired) electrons. The van der Waals surface area contributed by atoms with Crippen molar-refractivity contribution in [2.75, 3.05) is 23.4 Å². The third-order valence-corrected chi connectivity index (χ3v) is 3.33. The van der Waals surface area contributed by atoms with Gasteiger partial charge in [0, 0.05) is 17.1 Å². The predicted octanol–water partition coefficient (Wildman–Crippen LogP) is 2.88. The number of hydrogen-bond donors (Lipinski definition) is 2. The van der Waals surface area contributed by atoms with E-state index in [2.05, 4.69) is 20.6 Å². The summed E-state index contributed by atoms with van der Waals surface area (Å²) in [6.07, 6.45) is 5.02. The fourth-order valence-electron chi connectivity index (χ4n) is 1.59. The van der Waals surface area contributed by atoms with E-state index in [4.69, 9.17) is 0 Å². The van der Waals surface area contributed by atoms with Crippen molar-refractivity contribution in [1.29, 1.82) is 0 Å². The van der Waals surface area contributed by atoms with Crippen molar-refractivity contribution in [3.05, 3.63) is 42.4 Å². The fraction of sp³-hybridized carbons (Fsp3) is 0.214. The minimum atomic E-state index is -0.266. The van der Waals surface area contributed by atoms with E-state index >= 15 is 0 Å². The Bertz CT molecular complexity index is 569. The highest BCUT2D eigenvalue weighted by atomic mass is 32.2. The van der Waals surface area contributed by atoms with Crippen molar-refractivity contribution in [1.82, 2.24) is 9.97 Å². The van der Waals surface area contributed by atoms with E-state index in [1.54, 1.807) is 18.0 Å². The Labute approximate surface area is 122 Å². The SMILES string of the molecule is CCNc1cnc(C(=O)Nc2ccc(SC)cc2)cn1. The van der Waals surface area contributed by atoms with Crippen LogP contribution in [0, 0.1) is 0 Å². The lowest BCUT2D eigenvalue weighted by molar-refractivity contribution is 0.102. The van der Waals surface area contributed by atoms with Gasteiger partial charge in [-0.3, -0.25) is 4.79 Å².